The number of hydrogen-bond donors (Lipinski definition) is 1. The smallest absolute Gasteiger partial charge is 0.382 e. The predicted octanol–water partition coefficient (Wildman–Crippen LogP) is 4.35. The summed E-state index contributed by atoms with van der Waals surface area (Å²) in [5.74, 6) is 0. The maximum atomic E-state index is 13.2. The van der Waals surface area contributed by atoms with Gasteiger partial charge in [-0.2, -0.15) is 13.2 Å². The second kappa shape index (κ2) is 5.87. The van der Waals surface area contributed by atoms with E-state index in [2.05, 4.69) is 9.97 Å². The van der Waals surface area contributed by atoms with Gasteiger partial charge in [-0.25, -0.2) is 4.98 Å². The lowest BCUT2D eigenvalue weighted by atomic mass is 9.96. The van der Waals surface area contributed by atoms with Crippen molar-refractivity contribution in [2.45, 2.75) is 26.1 Å². The summed E-state index contributed by atoms with van der Waals surface area (Å²) in [7, 11) is 0. The molecule has 0 saturated heterocycles. The van der Waals surface area contributed by atoms with Gasteiger partial charge in [0.15, 0.2) is 0 Å². The molecule has 3 nitrogen and oxygen atoms in total. The lowest BCUT2D eigenvalue weighted by molar-refractivity contribution is -0.141. The predicted molar refractivity (Wildman–Crippen MR) is 84.5 cm³/mol. The summed E-state index contributed by atoms with van der Waals surface area (Å²) >= 11 is 0. The van der Waals surface area contributed by atoms with Crippen molar-refractivity contribution in [3.8, 4) is 0 Å². The van der Waals surface area contributed by atoms with Crippen LogP contribution in [-0.2, 0) is 6.18 Å². The Kier molecular flexibility index (Phi) is 4.01. The minimum atomic E-state index is -4.59. The van der Waals surface area contributed by atoms with Crippen molar-refractivity contribution in [2.75, 3.05) is 0 Å². The highest BCUT2D eigenvalue weighted by molar-refractivity contribution is 5.86. The van der Waals surface area contributed by atoms with Gasteiger partial charge in [0.25, 0.3) is 0 Å². The van der Waals surface area contributed by atoms with Crippen LogP contribution in [0.4, 0.5) is 13.2 Å². The Labute approximate surface area is 136 Å². The number of hydrogen-bond acceptors (Lipinski definition) is 3. The van der Waals surface area contributed by atoms with Crippen LogP contribution in [0.25, 0.3) is 10.9 Å². The van der Waals surface area contributed by atoms with E-state index >= 15 is 0 Å². The van der Waals surface area contributed by atoms with Crippen molar-refractivity contribution in [3.05, 3.63) is 70.7 Å². The first kappa shape index (κ1) is 16.4. The van der Waals surface area contributed by atoms with Crippen molar-refractivity contribution in [1.29, 1.82) is 0 Å². The van der Waals surface area contributed by atoms with Crippen molar-refractivity contribution in [3.63, 3.8) is 0 Å². The summed E-state index contributed by atoms with van der Waals surface area (Å²) in [6.45, 7) is 3.56. The molecule has 0 spiro atoms. The number of aliphatic hydroxyl groups excluding tert-OH is 1. The molecule has 3 aromatic rings. The van der Waals surface area contributed by atoms with Gasteiger partial charge in [-0.15, -0.1) is 0 Å². The van der Waals surface area contributed by atoms with Crippen LogP contribution in [0.1, 0.15) is 34.2 Å². The van der Waals surface area contributed by atoms with Gasteiger partial charge in [-0.3, -0.25) is 4.98 Å². The van der Waals surface area contributed by atoms with Crippen LogP contribution in [-0.4, -0.2) is 15.1 Å². The van der Waals surface area contributed by atoms with E-state index in [4.69, 9.17) is 0 Å². The monoisotopic (exact) mass is 332 g/mol. The number of aliphatic hydroxyl groups is 1. The molecule has 0 aliphatic rings. The quantitative estimate of drug-likeness (QED) is 0.759. The molecule has 0 saturated carbocycles. The molecule has 6 heteroatoms. The largest absolute Gasteiger partial charge is 0.433 e. The average Bonchev–Trinajstić information content (AvgIpc) is 2.53. The van der Waals surface area contributed by atoms with Gasteiger partial charge in [-0.1, -0.05) is 17.7 Å². The van der Waals surface area contributed by atoms with Crippen LogP contribution in [0.2, 0.25) is 0 Å². The molecular formula is C18H15F3N2O. The van der Waals surface area contributed by atoms with Gasteiger partial charge in [0, 0.05) is 11.6 Å². The van der Waals surface area contributed by atoms with Crippen molar-refractivity contribution in [1.82, 2.24) is 9.97 Å². The van der Waals surface area contributed by atoms with Crippen LogP contribution in [0.3, 0.4) is 0 Å². The summed E-state index contributed by atoms with van der Waals surface area (Å²) in [6.07, 6.45) is -4.37. The number of rotatable bonds is 2. The molecule has 0 amide bonds. The van der Waals surface area contributed by atoms with E-state index in [0.717, 1.165) is 11.6 Å². The second-order valence-corrected chi connectivity index (χ2v) is 5.73. The molecule has 0 aliphatic carbocycles. The Hall–Kier alpha value is -2.47. The van der Waals surface area contributed by atoms with Crippen LogP contribution in [0.15, 0.2) is 42.6 Å². The molecule has 124 valence electrons. The zero-order valence-electron chi connectivity index (χ0n) is 13.1. The highest BCUT2D eigenvalue weighted by Gasteiger charge is 2.34. The van der Waals surface area contributed by atoms with Crippen LogP contribution >= 0.6 is 0 Å². The first-order chi connectivity index (χ1) is 11.3. The summed E-state index contributed by atoms with van der Waals surface area (Å²) in [5, 5.41) is 11.1. The average molecular weight is 332 g/mol. The molecule has 1 unspecified atom stereocenters. The Balaban J connectivity index is 2.32. The summed E-state index contributed by atoms with van der Waals surface area (Å²) in [4.78, 5) is 7.81. The molecule has 3 rings (SSSR count). The molecule has 2 aromatic heterocycles. The third-order valence-corrected chi connectivity index (χ3v) is 3.83. The molecule has 0 radical (unpaired) electrons. The van der Waals surface area contributed by atoms with Gasteiger partial charge in [0.2, 0.25) is 0 Å². The molecular weight excluding hydrogens is 317 g/mol. The standard InChI is InChI=1S/C18H15F3N2O/c1-10-7-11(2)16-12(8-10)13(9-15(23-16)18(19,20)21)17(24)14-5-3-4-6-22-14/h3-9,17,24H,1-2H3. The second-order valence-electron chi connectivity index (χ2n) is 5.73. The van der Waals surface area contributed by atoms with E-state index < -0.39 is 18.0 Å². The maximum Gasteiger partial charge on any atom is 0.433 e. The van der Waals surface area contributed by atoms with Crippen molar-refractivity contribution < 1.29 is 18.3 Å². The summed E-state index contributed by atoms with van der Waals surface area (Å²) < 4.78 is 39.6. The number of aryl methyl sites for hydroxylation is 2. The van der Waals surface area contributed by atoms with Crippen LogP contribution in [0.5, 0.6) is 0 Å². The molecule has 2 heterocycles. The topological polar surface area (TPSA) is 46.0 Å². The zero-order chi connectivity index (χ0) is 17.5. The minimum absolute atomic E-state index is 0.151. The fraction of sp³-hybridized carbons (Fsp3) is 0.222. The first-order valence-electron chi connectivity index (χ1n) is 7.35. The van der Waals surface area contributed by atoms with E-state index in [1.807, 2.05) is 6.92 Å². The van der Waals surface area contributed by atoms with E-state index in [9.17, 15) is 18.3 Å². The van der Waals surface area contributed by atoms with Gasteiger partial charge in [0.1, 0.15) is 11.8 Å². The Bertz CT molecular complexity index is 892. The fourth-order valence-electron chi connectivity index (χ4n) is 2.77. The number of benzene rings is 1. The molecule has 0 bridgehead atoms. The van der Waals surface area contributed by atoms with Crippen LogP contribution < -0.4 is 0 Å². The minimum Gasteiger partial charge on any atom is -0.382 e. The molecule has 1 aromatic carbocycles. The summed E-state index contributed by atoms with van der Waals surface area (Å²) in [5.41, 5.74) is 1.17. The SMILES string of the molecule is Cc1cc(C)c2nc(C(F)(F)F)cc(C(O)c3ccccn3)c2c1. The number of alkyl halides is 3. The third kappa shape index (κ3) is 2.97. The molecule has 1 N–H and O–H groups in total. The summed E-state index contributed by atoms with van der Waals surface area (Å²) in [6, 6.07) is 9.34. The fourth-order valence-corrected chi connectivity index (χ4v) is 2.77. The van der Waals surface area contributed by atoms with Crippen molar-refractivity contribution in [2.24, 2.45) is 0 Å². The van der Waals surface area contributed by atoms with Gasteiger partial charge in [-0.05, 0) is 49.2 Å². The molecule has 0 fully saturated rings. The van der Waals surface area contributed by atoms with E-state index in [-0.39, 0.29) is 16.8 Å². The van der Waals surface area contributed by atoms with Gasteiger partial charge in [0.05, 0.1) is 11.2 Å². The number of halogens is 3. The molecule has 1 atom stereocenters. The molecule has 24 heavy (non-hydrogen) atoms. The zero-order valence-corrected chi connectivity index (χ0v) is 13.1. The van der Waals surface area contributed by atoms with E-state index in [1.54, 1.807) is 37.3 Å². The Morgan fingerprint density at radius 3 is 2.46 bits per heavy atom. The number of aromatic nitrogens is 2. The van der Waals surface area contributed by atoms with Gasteiger partial charge < -0.3 is 5.11 Å². The highest BCUT2D eigenvalue weighted by Crippen LogP contribution is 2.35. The Morgan fingerprint density at radius 2 is 1.83 bits per heavy atom. The lowest BCUT2D eigenvalue weighted by Gasteiger charge is -2.17. The third-order valence-electron chi connectivity index (χ3n) is 3.83. The maximum absolute atomic E-state index is 13.2. The van der Waals surface area contributed by atoms with Crippen LogP contribution in [0, 0.1) is 13.8 Å². The van der Waals surface area contributed by atoms with Gasteiger partial charge >= 0.3 is 6.18 Å². The first-order valence-corrected chi connectivity index (χ1v) is 7.35. The number of pyridine rings is 2. The number of fused-ring (bicyclic) bond motifs is 1. The lowest BCUT2D eigenvalue weighted by Crippen LogP contribution is -2.12. The van der Waals surface area contributed by atoms with E-state index in [0.29, 0.717) is 10.9 Å². The highest BCUT2D eigenvalue weighted by atomic mass is 19.4. The Morgan fingerprint density at radius 1 is 1.08 bits per heavy atom. The van der Waals surface area contributed by atoms with Crippen molar-refractivity contribution >= 4 is 10.9 Å². The normalized spacial score (nSPS) is 13.2. The number of nitrogens with zero attached hydrogens (tertiary/aromatic N) is 2. The molecule has 0 aliphatic heterocycles. The van der Waals surface area contributed by atoms with E-state index in [1.165, 1.54) is 6.20 Å².